The van der Waals surface area contributed by atoms with E-state index in [1.54, 1.807) is 0 Å². The molecule has 0 spiro atoms. The Morgan fingerprint density at radius 2 is 2.23 bits per heavy atom. The molecule has 1 heteroatoms. The average molecular weight is 193 g/mol. The molecule has 0 nitrogen and oxygen atoms in total. The van der Waals surface area contributed by atoms with Crippen molar-refractivity contribution < 1.29 is 0 Å². The molecule has 68 valence electrons. The van der Waals surface area contributed by atoms with Crippen molar-refractivity contribution in [2.75, 3.05) is 5.88 Å². The Morgan fingerprint density at radius 3 is 2.92 bits per heavy atom. The number of hydrogen-bond acceptors (Lipinski definition) is 0. The van der Waals surface area contributed by atoms with E-state index in [1.165, 1.54) is 5.56 Å². The minimum atomic E-state index is 0.697. The van der Waals surface area contributed by atoms with Crippen molar-refractivity contribution in [3.63, 3.8) is 0 Å². The van der Waals surface area contributed by atoms with Gasteiger partial charge in [-0.25, -0.2) is 0 Å². The van der Waals surface area contributed by atoms with Crippen LogP contribution in [-0.4, -0.2) is 5.88 Å². The van der Waals surface area contributed by atoms with E-state index in [0.29, 0.717) is 5.88 Å². The molecule has 0 fully saturated rings. The lowest BCUT2D eigenvalue weighted by Gasteiger charge is -1.91. The fourth-order valence-electron chi connectivity index (χ4n) is 1.04. The second-order valence-corrected chi connectivity index (χ2v) is 3.34. The fourth-order valence-corrected chi connectivity index (χ4v) is 1.18. The molecule has 0 aliphatic carbocycles. The minimum Gasteiger partial charge on any atom is -0.127 e. The highest BCUT2D eigenvalue weighted by atomic mass is 35.5. The lowest BCUT2D eigenvalue weighted by atomic mass is 10.1. The standard InChI is InChI=1S/C12H13Cl/c1-11-6-5-8-12(10-11)7-3-2-4-9-13/h5-6,8,10H,2,4,9H2,1H3. The van der Waals surface area contributed by atoms with Crippen molar-refractivity contribution in [1.82, 2.24) is 0 Å². The van der Waals surface area contributed by atoms with Crippen LogP contribution < -0.4 is 0 Å². The highest BCUT2D eigenvalue weighted by molar-refractivity contribution is 6.17. The SMILES string of the molecule is Cc1cccc(C#CCCCCl)c1. The van der Waals surface area contributed by atoms with Gasteiger partial charge in [-0.15, -0.1) is 11.6 Å². The smallest absolute Gasteiger partial charge is 0.0247 e. The molecule has 1 aromatic rings. The van der Waals surface area contributed by atoms with E-state index in [0.717, 1.165) is 18.4 Å². The van der Waals surface area contributed by atoms with Gasteiger partial charge in [-0.2, -0.15) is 0 Å². The first-order chi connectivity index (χ1) is 6.33. The van der Waals surface area contributed by atoms with Crippen LogP contribution in [0.3, 0.4) is 0 Å². The second-order valence-electron chi connectivity index (χ2n) is 2.96. The van der Waals surface area contributed by atoms with E-state index < -0.39 is 0 Å². The molecule has 0 radical (unpaired) electrons. The molecule has 0 bridgehead atoms. The molecule has 0 atom stereocenters. The molecule has 1 rings (SSSR count). The van der Waals surface area contributed by atoms with Crippen molar-refractivity contribution in [3.8, 4) is 11.8 Å². The molecule has 0 heterocycles. The Bertz CT molecular complexity index is 317. The van der Waals surface area contributed by atoms with Gasteiger partial charge < -0.3 is 0 Å². The first-order valence-electron chi connectivity index (χ1n) is 4.44. The largest absolute Gasteiger partial charge is 0.127 e. The van der Waals surface area contributed by atoms with E-state index in [1.807, 2.05) is 12.1 Å². The van der Waals surface area contributed by atoms with Gasteiger partial charge in [0.25, 0.3) is 0 Å². The Morgan fingerprint density at radius 1 is 1.38 bits per heavy atom. The molecule has 0 amide bonds. The Kier molecular flexibility index (Phi) is 4.43. The first-order valence-corrected chi connectivity index (χ1v) is 4.98. The van der Waals surface area contributed by atoms with E-state index in [2.05, 4.69) is 30.9 Å². The Hall–Kier alpha value is -0.930. The maximum atomic E-state index is 5.54. The number of unbranched alkanes of at least 4 members (excludes halogenated alkanes) is 1. The van der Waals surface area contributed by atoms with Crippen LogP contribution in [0.1, 0.15) is 24.0 Å². The van der Waals surface area contributed by atoms with Crippen molar-refractivity contribution in [1.29, 1.82) is 0 Å². The summed E-state index contributed by atoms with van der Waals surface area (Å²) < 4.78 is 0. The summed E-state index contributed by atoms with van der Waals surface area (Å²) in [6.45, 7) is 2.07. The van der Waals surface area contributed by atoms with Crippen molar-refractivity contribution in [2.24, 2.45) is 0 Å². The minimum absolute atomic E-state index is 0.697. The molecule has 0 N–H and O–H groups in total. The Balaban J connectivity index is 2.56. The molecule has 0 saturated carbocycles. The molecule has 0 unspecified atom stereocenters. The van der Waals surface area contributed by atoms with Gasteiger partial charge in [0.1, 0.15) is 0 Å². The van der Waals surface area contributed by atoms with Crippen molar-refractivity contribution in [2.45, 2.75) is 19.8 Å². The topological polar surface area (TPSA) is 0 Å². The third kappa shape index (κ3) is 4.01. The highest BCUT2D eigenvalue weighted by Crippen LogP contribution is 2.01. The van der Waals surface area contributed by atoms with Gasteiger partial charge in [0, 0.05) is 17.9 Å². The van der Waals surface area contributed by atoms with Crippen LogP contribution >= 0.6 is 11.6 Å². The van der Waals surface area contributed by atoms with Gasteiger partial charge in [0.2, 0.25) is 0 Å². The Labute approximate surface area is 84.9 Å². The lowest BCUT2D eigenvalue weighted by Crippen LogP contribution is -1.76. The quantitative estimate of drug-likeness (QED) is 0.383. The first kappa shape index (κ1) is 10.2. The second kappa shape index (κ2) is 5.67. The van der Waals surface area contributed by atoms with Gasteiger partial charge in [-0.05, 0) is 31.0 Å². The summed E-state index contributed by atoms with van der Waals surface area (Å²) in [7, 11) is 0. The van der Waals surface area contributed by atoms with E-state index in [4.69, 9.17) is 11.6 Å². The van der Waals surface area contributed by atoms with Crippen LogP contribution in [0.25, 0.3) is 0 Å². The summed E-state index contributed by atoms with van der Waals surface area (Å²) in [5.74, 6) is 6.90. The predicted molar refractivity (Wildman–Crippen MR) is 58.0 cm³/mol. The third-order valence-corrected chi connectivity index (χ3v) is 1.95. The van der Waals surface area contributed by atoms with Gasteiger partial charge in [-0.3, -0.25) is 0 Å². The molecular formula is C12H13Cl. The third-order valence-electron chi connectivity index (χ3n) is 1.69. The van der Waals surface area contributed by atoms with Crippen LogP contribution in [0, 0.1) is 18.8 Å². The van der Waals surface area contributed by atoms with Gasteiger partial charge >= 0.3 is 0 Å². The molecule has 0 aliphatic rings. The molecule has 0 saturated heterocycles. The summed E-state index contributed by atoms with van der Waals surface area (Å²) in [4.78, 5) is 0. The maximum absolute atomic E-state index is 5.54. The summed E-state index contributed by atoms with van der Waals surface area (Å²) >= 11 is 5.54. The molecule has 13 heavy (non-hydrogen) atoms. The normalized spacial score (nSPS) is 9.08. The van der Waals surface area contributed by atoms with Gasteiger partial charge in [0.05, 0.1) is 0 Å². The number of aryl methyl sites for hydroxylation is 1. The lowest BCUT2D eigenvalue weighted by molar-refractivity contribution is 0.991. The van der Waals surface area contributed by atoms with Crippen LogP contribution in [0.5, 0.6) is 0 Å². The van der Waals surface area contributed by atoms with Gasteiger partial charge in [0.15, 0.2) is 0 Å². The van der Waals surface area contributed by atoms with Gasteiger partial charge in [-0.1, -0.05) is 24.0 Å². The summed E-state index contributed by atoms with van der Waals surface area (Å²) in [6.07, 6.45) is 1.86. The fraction of sp³-hybridized carbons (Fsp3) is 0.333. The number of alkyl halides is 1. The molecule has 0 aliphatic heterocycles. The number of benzene rings is 1. The number of rotatable bonds is 2. The predicted octanol–water partition coefficient (Wildman–Crippen LogP) is 3.37. The molecular weight excluding hydrogens is 180 g/mol. The van der Waals surface area contributed by atoms with Crippen LogP contribution in [0.15, 0.2) is 24.3 Å². The van der Waals surface area contributed by atoms with Crippen LogP contribution in [-0.2, 0) is 0 Å². The number of hydrogen-bond donors (Lipinski definition) is 0. The van der Waals surface area contributed by atoms with Crippen LogP contribution in [0.4, 0.5) is 0 Å². The maximum Gasteiger partial charge on any atom is 0.0247 e. The zero-order chi connectivity index (χ0) is 9.52. The van der Waals surface area contributed by atoms with E-state index in [-0.39, 0.29) is 0 Å². The molecule has 0 aromatic heterocycles. The summed E-state index contributed by atoms with van der Waals surface area (Å²) in [5, 5.41) is 0. The summed E-state index contributed by atoms with van der Waals surface area (Å²) in [6, 6.07) is 8.22. The van der Waals surface area contributed by atoms with Crippen molar-refractivity contribution in [3.05, 3.63) is 35.4 Å². The average Bonchev–Trinajstić information content (AvgIpc) is 2.13. The number of halogens is 1. The zero-order valence-electron chi connectivity index (χ0n) is 7.81. The van der Waals surface area contributed by atoms with Crippen molar-refractivity contribution >= 4 is 11.6 Å². The van der Waals surface area contributed by atoms with E-state index in [9.17, 15) is 0 Å². The molecule has 1 aromatic carbocycles. The van der Waals surface area contributed by atoms with Crippen LogP contribution in [0.2, 0.25) is 0 Å². The summed E-state index contributed by atoms with van der Waals surface area (Å²) in [5.41, 5.74) is 2.35. The van der Waals surface area contributed by atoms with E-state index >= 15 is 0 Å². The zero-order valence-corrected chi connectivity index (χ0v) is 8.56. The highest BCUT2D eigenvalue weighted by Gasteiger charge is 1.86. The monoisotopic (exact) mass is 192 g/mol.